The lowest BCUT2D eigenvalue weighted by molar-refractivity contribution is -0.204. The topological polar surface area (TPSA) is 50.8 Å². The molecule has 0 aromatic heterocycles. The van der Waals surface area contributed by atoms with Gasteiger partial charge in [-0.2, -0.15) is 0 Å². The molecule has 1 unspecified atom stereocenters. The highest BCUT2D eigenvalue weighted by Gasteiger charge is 2.26. The molecule has 0 radical (unpaired) electrons. The number of nitrogens with one attached hydrogen (secondary N) is 1. The number of amides is 1. The number of nitrogens with zero attached hydrogens (tertiary/aromatic N) is 1. The van der Waals surface area contributed by atoms with Gasteiger partial charge < -0.3 is 19.7 Å². The number of hydrogen-bond acceptors (Lipinski definition) is 4. The van der Waals surface area contributed by atoms with Crippen LogP contribution in [-0.2, 0) is 14.3 Å². The van der Waals surface area contributed by atoms with Gasteiger partial charge in [-0.1, -0.05) is 6.92 Å². The van der Waals surface area contributed by atoms with Crippen LogP contribution in [0, 0.1) is 5.92 Å². The number of ether oxygens (including phenoxy) is 2. The predicted octanol–water partition coefficient (Wildman–Crippen LogP) is 0.207. The number of carbonyl (C=O) groups is 1. The molecule has 5 heteroatoms. The minimum atomic E-state index is -0.199. The van der Waals surface area contributed by atoms with Crippen LogP contribution in [-0.4, -0.2) is 56.5 Å². The highest BCUT2D eigenvalue weighted by atomic mass is 16.7. The highest BCUT2D eigenvalue weighted by molar-refractivity contribution is 5.76. The van der Waals surface area contributed by atoms with Crippen molar-refractivity contribution in [2.24, 2.45) is 5.92 Å². The van der Waals surface area contributed by atoms with Gasteiger partial charge in [-0.05, 0) is 6.42 Å². The van der Waals surface area contributed by atoms with Crippen LogP contribution in [0.5, 0.6) is 0 Å². The van der Waals surface area contributed by atoms with E-state index in [1.54, 1.807) is 0 Å². The van der Waals surface area contributed by atoms with E-state index in [1.807, 2.05) is 11.8 Å². The quantitative estimate of drug-likeness (QED) is 0.768. The molecule has 2 aliphatic rings. The summed E-state index contributed by atoms with van der Waals surface area (Å²) >= 11 is 0. The minimum Gasteiger partial charge on any atom is -0.352 e. The van der Waals surface area contributed by atoms with Gasteiger partial charge in [-0.3, -0.25) is 4.79 Å². The Labute approximate surface area is 102 Å². The maximum Gasteiger partial charge on any atom is 0.223 e. The van der Waals surface area contributed by atoms with Crippen molar-refractivity contribution < 1.29 is 14.3 Å². The van der Waals surface area contributed by atoms with Crippen LogP contribution < -0.4 is 5.32 Å². The van der Waals surface area contributed by atoms with Crippen molar-refractivity contribution in [3.63, 3.8) is 0 Å². The molecule has 2 rings (SSSR count). The Hall–Kier alpha value is -0.650. The molecule has 2 heterocycles. The molecule has 0 saturated carbocycles. The van der Waals surface area contributed by atoms with Crippen LogP contribution in [0.2, 0.25) is 0 Å². The summed E-state index contributed by atoms with van der Waals surface area (Å²) in [5, 5.41) is 3.24. The van der Waals surface area contributed by atoms with Gasteiger partial charge in [0.25, 0.3) is 0 Å². The molecule has 0 bridgehead atoms. The van der Waals surface area contributed by atoms with E-state index in [2.05, 4.69) is 5.32 Å². The zero-order valence-electron chi connectivity index (χ0n) is 10.5. The summed E-state index contributed by atoms with van der Waals surface area (Å²) in [5.41, 5.74) is 0. The van der Waals surface area contributed by atoms with Gasteiger partial charge in [-0.15, -0.1) is 0 Å². The summed E-state index contributed by atoms with van der Waals surface area (Å²) in [4.78, 5) is 14.0. The third kappa shape index (κ3) is 3.66. The summed E-state index contributed by atoms with van der Waals surface area (Å²) in [5.74, 6) is 0.356. The first kappa shape index (κ1) is 12.8. The Bertz CT molecular complexity index is 248. The molecule has 98 valence electrons. The Morgan fingerprint density at radius 1 is 1.35 bits per heavy atom. The molecule has 0 aromatic carbocycles. The fourth-order valence-electron chi connectivity index (χ4n) is 2.25. The van der Waals surface area contributed by atoms with Gasteiger partial charge in [0.1, 0.15) is 0 Å². The maximum atomic E-state index is 12.0. The van der Waals surface area contributed by atoms with Gasteiger partial charge in [0.05, 0.1) is 13.2 Å². The Morgan fingerprint density at radius 3 is 2.65 bits per heavy atom. The van der Waals surface area contributed by atoms with E-state index in [0.717, 1.165) is 45.8 Å². The first-order valence-electron chi connectivity index (χ1n) is 6.49. The Morgan fingerprint density at radius 2 is 2.00 bits per heavy atom. The van der Waals surface area contributed by atoms with Crippen molar-refractivity contribution in [1.29, 1.82) is 0 Å². The average Bonchev–Trinajstić information content (AvgIpc) is 2.40. The second-order valence-corrected chi connectivity index (χ2v) is 4.78. The maximum absolute atomic E-state index is 12.0. The van der Waals surface area contributed by atoms with Crippen LogP contribution in [0.25, 0.3) is 0 Å². The van der Waals surface area contributed by atoms with Crippen LogP contribution in [0.1, 0.15) is 19.8 Å². The van der Waals surface area contributed by atoms with Crippen LogP contribution in [0.4, 0.5) is 0 Å². The molecular formula is C12H22N2O3. The second kappa shape index (κ2) is 6.33. The monoisotopic (exact) mass is 242 g/mol. The first-order valence-corrected chi connectivity index (χ1v) is 6.49. The smallest absolute Gasteiger partial charge is 0.223 e. The third-order valence-corrected chi connectivity index (χ3v) is 3.28. The van der Waals surface area contributed by atoms with Crippen LogP contribution >= 0.6 is 0 Å². The fourth-order valence-corrected chi connectivity index (χ4v) is 2.25. The van der Waals surface area contributed by atoms with Crippen molar-refractivity contribution >= 4 is 5.91 Å². The van der Waals surface area contributed by atoms with E-state index >= 15 is 0 Å². The number of piperazine rings is 1. The van der Waals surface area contributed by atoms with Gasteiger partial charge in [0.15, 0.2) is 6.29 Å². The normalized spacial score (nSPS) is 24.6. The molecule has 0 spiro atoms. The molecule has 1 atom stereocenters. The molecule has 0 aromatic rings. The Kier molecular flexibility index (Phi) is 4.76. The molecule has 2 saturated heterocycles. The number of rotatable bonds is 3. The molecular weight excluding hydrogens is 220 g/mol. The first-order chi connectivity index (χ1) is 8.27. The molecule has 17 heavy (non-hydrogen) atoms. The van der Waals surface area contributed by atoms with Gasteiger partial charge in [0.2, 0.25) is 5.91 Å². The van der Waals surface area contributed by atoms with Gasteiger partial charge in [0, 0.05) is 38.5 Å². The summed E-state index contributed by atoms with van der Waals surface area (Å²) < 4.78 is 11.0. The lowest BCUT2D eigenvalue weighted by atomic mass is 10.1. The SMILES string of the molecule is CC(CC(=O)N1CCNCC1)C1OCCCO1. The van der Waals surface area contributed by atoms with Gasteiger partial charge >= 0.3 is 0 Å². The van der Waals surface area contributed by atoms with E-state index in [9.17, 15) is 4.79 Å². The summed E-state index contributed by atoms with van der Waals surface area (Å²) in [6, 6.07) is 0. The lowest BCUT2D eigenvalue weighted by Gasteiger charge is -2.31. The fraction of sp³-hybridized carbons (Fsp3) is 0.917. The van der Waals surface area contributed by atoms with E-state index in [1.165, 1.54) is 0 Å². The summed E-state index contributed by atoms with van der Waals surface area (Å²) in [6.07, 6.45) is 1.27. The predicted molar refractivity (Wildman–Crippen MR) is 63.5 cm³/mol. The molecule has 1 amide bonds. The highest BCUT2D eigenvalue weighted by Crippen LogP contribution is 2.18. The van der Waals surface area contributed by atoms with Crippen molar-refractivity contribution in [2.75, 3.05) is 39.4 Å². The molecule has 0 aliphatic carbocycles. The number of carbonyl (C=O) groups excluding carboxylic acids is 1. The van der Waals surface area contributed by atoms with Crippen molar-refractivity contribution in [2.45, 2.75) is 26.1 Å². The standard InChI is InChI=1S/C12H22N2O3/c1-10(12-16-7-2-8-17-12)9-11(15)14-5-3-13-4-6-14/h10,12-13H,2-9H2,1H3. The zero-order valence-corrected chi connectivity index (χ0v) is 10.5. The second-order valence-electron chi connectivity index (χ2n) is 4.78. The Balaban J connectivity index is 1.76. The summed E-state index contributed by atoms with van der Waals surface area (Å²) in [7, 11) is 0. The number of hydrogen-bond donors (Lipinski definition) is 1. The zero-order chi connectivity index (χ0) is 12.1. The minimum absolute atomic E-state index is 0.137. The third-order valence-electron chi connectivity index (χ3n) is 3.28. The van der Waals surface area contributed by atoms with Crippen LogP contribution in [0.15, 0.2) is 0 Å². The largest absolute Gasteiger partial charge is 0.352 e. The lowest BCUT2D eigenvalue weighted by Crippen LogP contribution is -2.47. The molecule has 5 nitrogen and oxygen atoms in total. The van der Waals surface area contributed by atoms with E-state index in [0.29, 0.717) is 6.42 Å². The van der Waals surface area contributed by atoms with Gasteiger partial charge in [-0.25, -0.2) is 0 Å². The van der Waals surface area contributed by atoms with E-state index < -0.39 is 0 Å². The van der Waals surface area contributed by atoms with Crippen LogP contribution in [0.3, 0.4) is 0 Å². The van der Waals surface area contributed by atoms with Crippen molar-refractivity contribution in [3.8, 4) is 0 Å². The molecule has 1 N–H and O–H groups in total. The average molecular weight is 242 g/mol. The van der Waals surface area contributed by atoms with E-state index in [-0.39, 0.29) is 18.1 Å². The summed E-state index contributed by atoms with van der Waals surface area (Å²) in [6.45, 7) is 6.95. The molecule has 2 aliphatic heterocycles. The van der Waals surface area contributed by atoms with Crippen molar-refractivity contribution in [1.82, 2.24) is 10.2 Å². The molecule has 2 fully saturated rings. The van der Waals surface area contributed by atoms with E-state index in [4.69, 9.17) is 9.47 Å². The van der Waals surface area contributed by atoms with Crippen molar-refractivity contribution in [3.05, 3.63) is 0 Å².